The molecule has 134 valence electrons. The molecule has 0 bridgehead atoms. The first-order valence-electron chi connectivity index (χ1n) is 7.88. The van der Waals surface area contributed by atoms with E-state index < -0.39 is 29.1 Å². The fraction of sp³-hybridized carbons (Fsp3) is 0.438. The van der Waals surface area contributed by atoms with E-state index >= 15 is 0 Å². The van der Waals surface area contributed by atoms with Gasteiger partial charge in [-0.1, -0.05) is 0 Å². The Morgan fingerprint density at radius 3 is 2.52 bits per heavy atom. The Bertz CT molecular complexity index is 732. The summed E-state index contributed by atoms with van der Waals surface area (Å²) in [4.78, 5) is 38.8. The molecule has 0 radical (unpaired) electrons. The summed E-state index contributed by atoms with van der Waals surface area (Å²) < 4.78 is 26.4. The third-order valence-electron chi connectivity index (χ3n) is 4.65. The summed E-state index contributed by atoms with van der Waals surface area (Å²) in [5.41, 5.74) is -0.971. The number of anilines is 1. The molecule has 2 fully saturated rings. The van der Waals surface area contributed by atoms with Crippen LogP contribution in [0.1, 0.15) is 12.8 Å². The molecule has 9 heteroatoms. The fourth-order valence-corrected chi connectivity index (χ4v) is 3.17. The van der Waals surface area contributed by atoms with E-state index in [1.807, 2.05) is 4.90 Å². The van der Waals surface area contributed by atoms with E-state index in [2.05, 4.69) is 10.6 Å². The van der Waals surface area contributed by atoms with Gasteiger partial charge in [0.1, 0.15) is 17.2 Å². The molecule has 0 saturated carbocycles. The topological polar surface area (TPSA) is 81.8 Å². The van der Waals surface area contributed by atoms with E-state index in [1.165, 1.54) is 7.05 Å². The van der Waals surface area contributed by atoms with Gasteiger partial charge < -0.3 is 10.6 Å². The van der Waals surface area contributed by atoms with Crippen molar-refractivity contribution in [2.75, 3.05) is 32.0 Å². The van der Waals surface area contributed by atoms with Gasteiger partial charge in [-0.05, 0) is 25.0 Å². The molecule has 1 aromatic rings. The Kier molecular flexibility index (Phi) is 4.42. The van der Waals surface area contributed by atoms with Crippen LogP contribution in [0, 0.1) is 11.6 Å². The second-order valence-electron chi connectivity index (χ2n) is 6.32. The highest BCUT2D eigenvalue weighted by atomic mass is 19.1. The van der Waals surface area contributed by atoms with Crippen molar-refractivity contribution in [2.24, 2.45) is 0 Å². The number of halogens is 2. The van der Waals surface area contributed by atoms with Crippen molar-refractivity contribution in [3.8, 4) is 0 Å². The molecule has 2 saturated heterocycles. The lowest BCUT2D eigenvalue weighted by atomic mass is 9.87. The number of piperidine rings is 1. The van der Waals surface area contributed by atoms with Crippen molar-refractivity contribution in [1.82, 2.24) is 15.1 Å². The molecule has 0 atom stereocenters. The van der Waals surface area contributed by atoms with Crippen LogP contribution in [0.4, 0.5) is 19.3 Å². The zero-order chi connectivity index (χ0) is 18.2. The van der Waals surface area contributed by atoms with Gasteiger partial charge in [-0.25, -0.2) is 13.6 Å². The molecule has 1 aromatic carbocycles. The van der Waals surface area contributed by atoms with Gasteiger partial charge in [0.05, 0.1) is 12.2 Å². The normalized spacial score (nSPS) is 20.0. The van der Waals surface area contributed by atoms with Crippen molar-refractivity contribution in [3.05, 3.63) is 29.8 Å². The number of likely N-dealkylation sites (tertiary alicyclic amines) is 1. The molecule has 1 spiro atoms. The first-order chi connectivity index (χ1) is 11.8. The fourth-order valence-electron chi connectivity index (χ4n) is 3.17. The van der Waals surface area contributed by atoms with E-state index in [-0.39, 0.29) is 18.1 Å². The summed E-state index contributed by atoms with van der Waals surface area (Å²) in [6.45, 7) is 0.906. The van der Waals surface area contributed by atoms with Crippen LogP contribution < -0.4 is 10.6 Å². The monoisotopic (exact) mass is 352 g/mol. The minimum atomic E-state index is -0.887. The number of hydrogen-bond acceptors (Lipinski definition) is 4. The summed E-state index contributed by atoms with van der Waals surface area (Å²) >= 11 is 0. The smallest absolute Gasteiger partial charge is 0.323 e. The van der Waals surface area contributed by atoms with Gasteiger partial charge in [0, 0.05) is 26.2 Å². The highest BCUT2D eigenvalue weighted by Crippen LogP contribution is 2.28. The number of carbonyl (C=O) groups is 3. The lowest BCUT2D eigenvalue weighted by molar-refractivity contribution is -0.132. The number of benzene rings is 1. The molecule has 0 aliphatic carbocycles. The van der Waals surface area contributed by atoms with Crippen LogP contribution in [0.2, 0.25) is 0 Å². The number of urea groups is 1. The second-order valence-corrected chi connectivity index (χ2v) is 6.32. The number of carbonyl (C=O) groups excluding carboxylic acids is 3. The minimum absolute atomic E-state index is 0.0187. The molecular formula is C16H18F2N4O3. The van der Waals surface area contributed by atoms with Crippen molar-refractivity contribution in [3.63, 3.8) is 0 Å². The summed E-state index contributed by atoms with van der Waals surface area (Å²) in [6.07, 6.45) is 0.806. The molecule has 2 N–H and O–H groups in total. The van der Waals surface area contributed by atoms with Crippen LogP contribution in [0.15, 0.2) is 18.2 Å². The van der Waals surface area contributed by atoms with Crippen LogP contribution in [-0.2, 0) is 9.59 Å². The molecule has 7 nitrogen and oxygen atoms in total. The van der Waals surface area contributed by atoms with Gasteiger partial charge >= 0.3 is 6.03 Å². The number of likely N-dealkylation sites (N-methyl/N-ethyl adjacent to an activating group) is 1. The summed E-state index contributed by atoms with van der Waals surface area (Å²) in [7, 11) is 1.43. The van der Waals surface area contributed by atoms with Crippen molar-refractivity contribution < 1.29 is 23.2 Å². The maximum atomic E-state index is 13.6. The Morgan fingerprint density at radius 1 is 1.28 bits per heavy atom. The Hall–Kier alpha value is -2.55. The number of nitrogens with zero attached hydrogens (tertiary/aromatic N) is 2. The maximum absolute atomic E-state index is 13.6. The number of amides is 4. The van der Waals surface area contributed by atoms with Crippen LogP contribution in [-0.4, -0.2) is 59.9 Å². The molecule has 2 aliphatic rings. The first-order valence-corrected chi connectivity index (χ1v) is 7.88. The van der Waals surface area contributed by atoms with Crippen LogP contribution >= 0.6 is 0 Å². The zero-order valence-corrected chi connectivity index (χ0v) is 13.6. The largest absolute Gasteiger partial charge is 0.324 e. The average Bonchev–Trinajstić information content (AvgIpc) is 2.77. The zero-order valence-electron chi connectivity index (χ0n) is 13.6. The molecule has 3 rings (SSSR count). The van der Waals surface area contributed by atoms with Crippen molar-refractivity contribution in [1.29, 1.82) is 0 Å². The molecule has 2 heterocycles. The molecule has 2 aliphatic heterocycles. The van der Waals surface area contributed by atoms with Crippen LogP contribution in [0.25, 0.3) is 0 Å². The van der Waals surface area contributed by atoms with E-state index in [9.17, 15) is 23.2 Å². The molecule has 25 heavy (non-hydrogen) atoms. The summed E-state index contributed by atoms with van der Waals surface area (Å²) in [5, 5.41) is 5.12. The lowest BCUT2D eigenvalue weighted by Crippen LogP contribution is -2.55. The Morgan fingerprint density at radius 2 is 1.96 bits per heavy atom. The van der Waals surface area contributed by atoms with Gasteiger partial charge in [0.25, 0.3) is 5.91 Å². The Labute approximate surface area is 143 Å². The summed E-state index contributed by atoms with van der Waals surface area (Å²) in [5.74, 6) is -2.24. The van der Waals surface area contributed by atoms with Crippen LogP contribution in [0.5, 0.6) is 0 Å². The highest BCUT2D eigenvalue weighted by Gasteiger charge is 2.50. The van der Waals surface area contributed by atoms with Crippen molar-refractivity contribution >= 4 is 23.5 Å². The number of imide groups is 1. The Balaban J connectivity index is 1.55. The maximum Gasteiger partial charge on any atom is 0.324 e. The number of hydrogen-bond donors (Lipinski definition) is 2. The first kappa shape index (κ1) is 17.3. The third kappa shape index (κ3) is 3.32. The van der Waals surface area contributed by atoms with Crippen LogP contribution in [0.3, 0.4) is 0 Å². The van der Waals surface area contributed by atoms with E-state index in [4.69, 9.17) is 0 Å². The van der Waals surface area contributed by atoms with Gasteiger partial charge in [-0.15, -0.1) is 0 Å². The highest BCUT2D eigenvalue weighted by molar-refractivity contribution is 6.06. The van der Waals surface area contributed by atoms with Gasteiger partial charge in [-0.3, -0.25) is 19.4 Å². The lowest BCUT2D eigenvalue weighted by Gasteiger charge is -2.36. The van der Waals surface area contributed by atoms with E-state index in [0.717, 1.165) is 17.0 Å². The average molecular weight is 352 g/mol. The summed E-state index contributed by atoms with van der Waals surface area (Å²) in [6, 6.07) is 2.51. The van der Waals surface area contributed by atoms with Gasteiger partial charge in [-0.2, -0.15) is 0 Å². The molecular weight excluding hydrogens is 334 g/mol. The quantitative estimate of drug-likeness (QED) is 0.793. The standard InChI is InChI=1S/C16H18F2N4O3/c1-21-14(24)16(20-15(21)25)4-6-22(7-5-16)9-13(23)19-12-3-2-10(17)8-11(12)18/h2-3,8H,4-7,9H2,1H3,(H,19,23)(H,20,25). The molecule has 4 amide bonds. The van der Waals surface area contributed by atoms with Gasteiger partial charge in [0.2, 0.25) is 5.91 Å². The van der Waals surface area contributed by atoms with Crippen molar-refractivity contribution in [2.45, 2.75) is 18.4 Å². The molecule has 0 aromatic heterocycles. The predicted octanol–water partition coefficient (Wildman–Crippen LogP) is 0.919. The van der Waals surface area contributed by atoms with E-state index in [1.54, 1.807) is 0 Å². The van der Waals surface area contributed by atoms with Gasteiger partial charge in [0.15, 0.2) is 0 Å². The predicted molar refractivity (Wildman–Crippen MR) is 84.7 cm³/mol. The SMILES string of the molecule is CN1C(=O)NC2(CCN(CC(=O)Nc3ccc(F)cc3F)CC2)C1=O. The number of nitrogens with one attached hydrogen (secondary N) is 2. The third-order valence-corrected chi connectivity index (χ3v) is 4.65. The minimum Gasteiger partial charge on any atom is -0.323 e. The molecule has 0 unspecified atom stereocenters. The second kappa shape index (κ2) is 6.40. The van der Waals surface area contributed by atoms with E-state index in [0.29, 0.717) is 32.0 Å². The number of rotatable bonds is 3.